The lowest BCUT2D eigenvalue weighted by atomic mass is 10.2. The summed E-state index contributed by atoms with van der Waals surface area (Å²) in [4.78, 5) is 10.9. The van der Waals surface area contributed by atoms with Gasteiger partial charge in [-0.15, -0.1) is 35.3 Å². The highest BCUT2D eigenvalue weighted by molar-refractivity contribution is 14.0. The molecule has 0 radical (unpaired) electrons. The minimum absolute atomic E-state index is 0. The number of aryl methyl sites for hydroxylation is 1. The lowest BCUT2D eigenvalue weighted by molar-refractivity contribution is 0.0168. The third-order valence-electron chi connectivity index (χ3n) is 3.72. The molecule has 6 nitrogen and oxygen atoms in total. The van der Waals surface area contributed by atoms with Gasteiger partial charge in [-0.1, -0.05) is 0 Å². The third kappa shape index (κ3) is 7.62. The molecule has 1 saturated heterocycles. The smallest absolute Gasteiger partial charge is 0.193 e. The standard InChI is InChI=1S/C16H28N4O2S.HI/c1-13-19-14(12-23-13)10-20(3)16(17-2)18-7-5-8-21-11-15-6-4-9-22-15;/h12,15H,4-11H2,1-3H3,(H,17,18);1H. The molecule has 1 aliphatic rings. The number of thiazole rings is 1. The van der Waals surface area contributed by atoms with Crippen LogP contribution in [0.3, 0.4) is 0 Å². The number of aliphatic imine (C=N–C) groups is 1. The van der Waals surface area contributed by atoms with Gasteiger partial charge < -0.3 is 19.7 Å². The van der Waals surface area contributed by atoms with Gasteiger partial charge in [-0.2, -0.15) is 0 Å². The zero-order valence-electron chi connectivity index (χ0n) is 14.8. The van der Waals surface area contributed by atoms with Crippen molar-refractivity contribution in [3.8, 4) is 0 Å². The number of hydrogen-bond acceptors (Lipinski definition) is 5. The fourth-order valence-corrected chi connectivity index (χ4v) is 3.15. The van der Waals surface area contributed by atoms with Crippen LogP contribution in [0, 0.1) is 6.92 Å². The number of hydrogen-bond donors (Lipinski definition) is 1. The van der Waals surface area contributed by atoms with Crippen molar-refractivity contribution in [1.29, 1.82) is 0 Å². The molecule has 1 aliphatic heterocycles. The molecular weight excluding hydrogens is 439 g/mol. The van der Waals surface area contributed by atoms with Crippen molar-refractivity contribution < 1.29 is 9.47 Å². The van der Waals surface area contributed by atoms with Gasteiger partial charge in [0.2, 0.25) is 0 Å². The maximum Gasteiger partial charge on any atom is 0.193 e. The largest absolute Gasteiger partial charge is 0.379 e. The fraction of sp³-hybridized carbons (Fsp3) is 0.750. The van der Waals surface area contributed by atoms with E-state index in [1.54, 1.807) is 18.4 Å². The molecule has 1 fully saturated rings. The molecule has 24 heavy (non-hydrogen) atoms. The first kappa shape index (κ1) is 21.6. The first-order valence-corrected chi connectivity index (χ1v) is 9.09. The molecule has 0 spiro atoms. The van der Waals surface area contributed by atoms with Crippen LogP contribution in [0.15, 0.2) is 10.4 Å². The second kappa shape index (κ2) is 12.0. The molecule has 1 aromatic rings. The van der Waals surface area contributed by atoms with Crippen molar-refractivity contribution in [2.24, 2.45) is 4.99 Å². The highest BCUT2D eigenvalue weighted by Crippen LogP contribution is 2.12. The topological polar surface area (TPSA) is 59.0 Å². The Morgan fingerprint density at radius 1 is 1.58 bits per heavy atom. The summed E-state index contributed by atoms with van der Waals surface area (Å²) in [6.45, 7) is 5.99. The Morgan fingerprint density at radius 3 is 3.04 bits per heavy atom. The van der Waals surface area contributed by atoms with Gasteiger partial charge in [0.15, 0.2) is 5.96 Å². The summed E-state index contributed by atoms with van der Waals surface area (Å²) in [6.07, 6.45) is 3.56. The van der Waals surface area contributed by atoms with E-state index in [9.17, 15) is 0 Å². The highest BCUT2D eigenvalue weighted by Gasteiger charge is 2.15. The third-order valence-corrected chi connectivity index (χ3v) is 4.54. The van der Waals surface area contributed by atoms with Gasteiger partial charge in [0.1, 0.15) is 0 Å². The average Bonchev–Trinajstić information content (AvgIpc) is 3.18. The lowest BCUT2D eigenvalue weighted by Gasteiger charge is -2.21. The first-order chi connectivity index (χ1) is 11.2. The fourth-order valence-electron chi connectivity index (χ4n) is 2.55. The predicted molar refractivity (Wildman–Crippen MR) is 110 cm³/mol. The van der Waals surface area contributed by atoms with E-state index in [4.69, 9.17) is 9.47 Å². The summed E-state index contributed by atoms with van der Waals surface area (Å²) in [5.41, 5.74) is 1.08. The minimum Gasteiger partial charge on any atom is -0.379 e. The van der Waals surface area contributed by atoms with Crippen molar-refractivity contribution in [2.75, 3.05) is 40.5 Å². The van der Waals surface area contributed by atoms with Gasteiger partial charge in [-0.05, 0) is 26.2 Å². The monoisotopic (exact) mass is 468 g/mol. The second-order valence-corrected chi connectivity index (χ2v) is 6.81. The molecule has 2 heterocycles. The Balaban J connectivity index is 0.00000288. The van der Waals surface area contributed by atoms with Crippen LogP contribution in [0.4, 0.5) is 0 Å². The number of halogens is 1. The van der Waals surface area contributed by atoms with Crippen LogP contribution in [0.25, 0.3) is 0 Å². The van der Waals surface area contributed by atoms with Gasteiger partial charge in [-0.3, -0.25) is 4.99 Å². The quantitative estimate of drug-likeness (QED) is 0.275. The molecule has 2 rings (SSSR count). The number of rotatable bonds is 8. The van der Waals surface area contributed by atoms with E-state index >= 15 is 0 Å². The Bertz CT molecular complexity index is 492. The zero-order valence-corrected chi connectivity index (χ0v) is 17.9. The van der Waals surface area contributed by atoms with Crippen LogP contribution in [0.1, 0.15) is 30.0 Å². The van der Waals surface area contributed by atoms with Gasteiger partial charge in [0.05, 0.1) is 30.0 Å². The van der Waals surface area contributed by atoms with Crippen molar-refractivity contribution in [3.05, 3.63) is 16.1 Å². The number of aromatic nitrogens is 1. The molecule has 138 valence electrons. The first-order valence-electron chi connectivity index (χ1n) is 8.21. The molecule has 1 unspecified atom stereocenters. The van der Waals surface area contributed by atoms with E-state index in [1.165, 1.54) is 0 Å². The second-order valence-electron chi connectivity index (χ2n) is 5.75. The number of guanidine groups is 1. The summed E-state index contributed by atoms with van der Waals surface area (Å²) in [7, 11) is 3.83. The van der Waals surface area contributed by atoms with E-state index in [0.29, 0.717) is 6.10 Å². The number of nitrogens with zero attached hydrogens (tertiary/aromatic N) is 3. The summed E-state index contributed by atoms with van der Waals surface area (Å²) >= 11 is 1.68. The SMILES string of the molecule is CN=C(NCCCOCC1CCCO1)N(C)Cc1csc(C)n1.I. The van der Waals surface area contributed by atoms with Crippen molar-refractivity contribution in [3.63, 3.8) is 0 Å². The number of nitrogens with one attached hydrogen (secondary N) is 1. The van der Waals surface area contributed by atoms with Gasteiger partial charge in [0.25, 0.3) is 0 Å². The van der Waals surface area contributed by atoms with E-state index in [-0.39, 0.29) is 24.0 Å². The van der Waals surface area contributed by atoms with Crippen LogP contribution in [0.5, 0.6) is 0 Å². The predicted octanol–water partition coefficient (Wildman–Crippen LogP) is 2.66. The Kier molecular flexibility index (Phi) is 10.8. The summed E-state index contributed by atoms with van der Waals surface area (Å²) in [5, 5.41) is 6.56. The Hall–Kier alpha value is -0.450. The van der Waals surface area contributed by atoms with Crippen molar-refractivity contribution in [2.45, 2.75) is 38.8 Å². The van der Waals surface area contributed by atoms with E-state index in [1.807, 2.05) is 14.0 Å². The van der Waals surface area contributed by atoms with Crippen molar-refractivity contribution in [1.82, 2.24) is 15.2 Å². The van der Waals surface area contributed by atoms with Crippen LogP contribution in [-0.4, -0.2) is 62.4 Å². The Labute approximate surface area is 166 Å². The van der Waals surface area contributed by atoms with Crippen LogP contribution in [-0.2, 0) is 16.0 Å². The molecule has 1 atom stereocenters. The summed E-state index contributed by atoms with van der Waals surface area (Å²) in [5.74, 6) is 0.884. The molecule has 0 bridgehead atoms. The van der Waals surface area contributed by atoms with Gasteiger partial charge >= 0.3 is 0 Å². The molecular formula is C16H29IN4O2S. The van der Waals surface area contributed by atoms with E-state index < -0.39 is 0 Å². The molecule has 1 aromatic heterocycles. The molecule has 0 aromatic carbocycles. The molecule has 0 aliphatic carbocycles. The van der Waals surface area contributed by atoms with Crippen LogP contribution >= 0.6 is 35.3 Å². The summed E-state index contributed by atoms with van der Waals surface area (Å²) in [6, 6.07) is 0. The lowest BCUT2D eigenvalue weighted by Crippen LogP contribution is -2.39. The molecule has 0 amide bonds. The van der Waals surface area contributed by atoms with E-state index in [2.05, 4.69) is 25.6 Å². The molecule has 8 heteroatoms. The normalized spacial score (nSPS) is 17.6. The number of ether oxygens (including phenoxy) is 2. The van der Waals surface area contributed by atoms with Crippen LogP contribution in [0.2, 0.25) is 0 Å². The van der Waals surface area contributed by atoms with Crippen molar-refractivity contribution >= 4 is 41.3 Å². The van der Waals surface area contributed by atoms with Gasteiger partial charge in [-0.25, -0.2) is 4.98 Å². The maximum absolute atomic E-state index is 5.66. The minimum atomic E-state index is 0. The molecule has 1 N–H and O–H groups in total. The van der Waals surface area contributed by atoms with E-state index in [0.717, 1.165) is 68.8 Å². The molecule has 0 saturated carbocycles. The summed E-state index contributed by atoms with van der Waals surface area (Å²) < 4.78 is 11.2. The van der Waals surface area contributed by atoms with Gasteiger partial charge in [0, 0.05) is 39.2 Å². The van der Waals surface area contributed by atoms with Crippen LogP contribution < -0.4 is 5.32 Å². The Morgan fingerprint density at radius 2 is 2.42 bits per heavy atom. The zero-order chi connectivity index (χ0) is 16.5. The highest BCUT2D eigenvalue weighted by atomic mass is 127. The average molecular weight is 468 g/mol. The maximum atomic E-state index is 5.66.